The second-order valence-electron chi connectivity index (χ2n) is 5.81. The zero-order valence-electron chi connectivity index (χ0n) is 14.6. The maximum atomic E-state index is 12.5. The molecule has 142 valence electrons. The molecule has 8 nitrogen and oxygen atoms in total. The highest BCUT2D eigenvalue weighted by Gasteiger charge is 2.25. The van der Waals surface area contributed by atoms with Gasteiger partial charge in [-0.15, -0.1) is 0 Å². The predicted molar refractivity (Wildman–Crippen MR) is 93.8 cm³/mol. The number of rotatable bonds is 7. The third-order valence-electron chi connectivity index (χ3n) is 4.00. The van der Waals surface area contributed by atoms with Gasteiger partial charge in [-0.1, -0.05) is 0 Å². The van der Waals surface area contributed by atoms with Crippen LogP contribution < -0.4 is 9.46 Å². The molecular weight excluding hydrogens is 368 g/mol. The van der Waals surface area contributed by atoms with Gasteiger partial charge in [0.15, 0.2) is 0 Å². The Kier molecular flexibility index (Phi) is 6.44. The number of methoxy groups -OCH3 is 1. The van der Waals surface area contributed by atoms with Crippen molar-refractivity contribution in [2.24, 2.45) is 0 Å². The molecule has 0 atom stereocenters. The van der Waals surface area contributed by atoms with Crippen molar-refractivity contribution < 1.29 is 26.3 Å². The predicted octanol–water partition coefficient (Wildman–Crippen LogP) is 0.252. The highest BCUT2D eigenvalue weighted by molar-refractivity contribution is 7.90. The van der Waals surface area contributed by atoms with Crippen LogP contribution in [-0.4, -0.2) is 66.9 Å². The molecule has 1 aliphatic rings. The lowest BCUT2D eigenvalue weighted by atomic mass is 10.1. The lowest BCUT2D eigenvalue weighted by molar-refractivity contribution is 0.0730. The van der Waals surface area contributed by atoms with E-state index in [4.69, 9.17) is 9.47 Å². The molecule has 25 heavy (non-hydrogen) atoms. The summed E-state index contributed by atoms with van der Waals surface area (Å²) in [4.78, 5) is 0.120. The Morgan fingerprint density at radius 2 is 1.76 bits per heavy atom. The van der Waals surface area contributed by atoms with Crippen LogP contribution in [0.15, 0.2) is 17.0 Å². The van der Waals surface area contributed by atoms with E-state index in [1.807, 2.05) is 0 Å². The second-order valence-corrected chi connectivity index (χ2v) is 9.64. The SMILES string of the molecule is COc1cc(C)c(S(=O)(=O)NCCS(=O)(=O)N2CCOCC2)cc1C. The van der Waals surface area contributed by atoms with E-state index in [0.29, 0.717) is 43.2 Å². The van der Waals surface area contributed by atoms with E-state index in [9.17, 15) is 16.8 Å². The summed E-state index contributed by atoms with van der Waals surface area (Å²) in [7, 11) is -5.80. The molecule has 1 aromatic carbocycles. The number of nitrogens with zero attached hydrogens (tertiary/aromatic N) is 1. The fourth-order valence-electron chi connectivity index (χ4n) is 2.61. The minimum atomic E-state index is -3.80. The fourth-order valence-corrected chi connectivity index (χ4v) is 5.40. The van der Waals surface area contributed by atoms with Crippen molar-refractivity contribution in [3.05, 3.63) is 23.3 Å². The Balaban J connectivity index is 2.06. The molecule has 1 fully saturated rings. The van der Waals surface area contributed by atoms with Gasteiger partial charge in [-0.05, 0) is 37.1 Å². The standard InChI is InChI=1S/C15H24N2O6S2/c1-12-11-15(13(2)10-14(12)22-3)25(20,21)16-4-9-24(18,19)17-5-7-23-8-6-17/h10-11,16H,4-9H2,1-3H3. The molecule has 10 heteroatoms. The number of aryl methyl sites for hydroxylation is 2. The van der Waals surface area contributed by atoms with Gasteiger partial charge in [0, 0.05) is 19.6 Å². The summed E-state index contributed by atoms with van der Waals surface area (Å²) in [6, 6.07) is 3.17. The Bertz CT molecular complexity index is 815. The molecule has 1 aliphatic heterocycles. The van der Waals surface area contributed by atoms with Crippen molar-refractivity contribution in [2.75, 3.05) is 45.7 Å². The quantitative estimate of drug-likeness (QED) is 0.714. The van der Waals surface area contributed by atoms with E-state index < -0.39 is 20.0 Å². The first-order valence-corrected chi connectivity index (χ1v) is 11.0. The highest BCUT2D eigenvalue weighted by atomic mass is 32.2. The largest absolute Gasteiger partial charge is 0.496 e. The number of ether oxygens (including phenoxy) is 2. The van der Waals surface area contributed by atoms with Gasteiger partial charge in [-0.2, -0.15) is 4.31 Å². The Labute approximate surface area is 149 Å². The molecule has 2 rings (SSSR count). The Morgan fingerprint density at radius 1 is 1.12 bits per heavy atom. The van der Waals surface area contributed by atoms with Crippen molar-refractivity contribution >= 4 is 20.0 Å². The minimum Gasteiger partial charge on any atom is -0.496 e. The molecule has 0 radical (unpaired) electrons. The third-order valence-corrected chi connectivity index (χ3v) is 7.47. The lowest BCUT2D eigenvalue weighted by Crippen LogP contribution is -2.43. The average Bonchev–Trinajstić information content (AvgIpc) is 2.57. The normalized spacial score (nSPS) is 16.8. The van der Waals surface area contributed by atoms with E-state index >= 15 is 0 Å². The number of hydrogen-bond donors (Lipinski definition) is 1. The van der Waals surface area contributed by atoms with Gasteiger partial charge in [0.25, 0.3) is 0 Å². The van der Waals surface area contributed by atoms with Crippen molar-refractivity contribution in [1.82, 2.24) is 9.03 Å². The third kappa shape index (κ3) is 4.91. The summed E-state index contributed by atoms with van der Waals surface area (Å²) in [5, 5.41) is 0. The van der Waals surface area contributed by atoms with Gasteiger partial charge >= 0.3 is 0 Å². The molecule has 0 aliphatic carbocycles. The molecule has 0 spiro atoms. The second kappa shape index (κ2) is 8.00. The molecule has 1 heterocycles. The average molecular weight is 392 g/mol. The van der Waals surface area contributed by atoms with Crippen LogP contribution in [0.3, 0.4) is 0 Å². The van der Waals surface area contributed by atoms with E-state index in [0.717, 1.165) is 0 Å². The zero-order valence-corrected chi connectivity index (χ0v) is 16.2. The van der Waals surface area contributed by atoms with Crippen molar-refractivity contribution in [3.63, 3.8) is 0 Å². The van der Waals surface area contributed by atoms with Crippen LogP contribution in [0.5, 0.6) is 5.75 Å². The van der Waals surface area contributed by atoms with E-state index in [1.165, 1.54) is 17.5 Å². The summed E-state index contributed by atoms with van der Waals surface area (Å²) in [5.74, 6) is 0.312. The van der Waals surface area contributed by atoms with Crippen LogP contribution in [0.2, 0.25) is 0 Å². The Morgan fingerprint density at radius 3 is 2.36 bits per heavy atom. The first kappa shape index (κ1) is 20.1. The molecule has 0 unspecified atom stereocenters. The Hall–Kier alpha value is -1.20. The summed E-state index contributed by atoms with van der Waals surface area (Å²) in [6.07, 6.45) is 0. The smallest absolute Gasteiger partial charge is 0.240 e. The van der Waals surface area contributed by atoms with Crippen molar-refractivity contribution in [2.45, 2.75) is 18.7 Å². The summed E-state index contributed by atoms with van der Waals surface area (Å²) >= 11 is 0. The van der Waals surface area contributed by atoms with E-state index in [2.05, 4.69) is 4.72 Å². The maximum Gasteiger partial charge on any atom is 0.240 e. The van der Waals surface area contributed by atoms with E-state index in [1.54, 1.807) is 19.9 Å². The molecule has 1 N–H and O–H groups in total. The molecule has 1 aromatic rings. The van der Waals surface area contributed by atoms with Gasteiger partial charge in [0.05, 0.1) is 31.0 Å². The van der Waals surface area contributed by atoms with Crippen molar-refractivity contribution in [3.8, 4) is 5.75 Å². The number of morpholine rings is 1. The zero-order chi connectivity index (χ0) is 18.7. The van der Waals surface area contributed by atoms with Gasteiger partial charge < -0.3 is 9.47 Å². The summed E-state index contributed by atoms with van der Waals surface area (Å²) in [5.41, 5.74) is 1.22. The number of benzene rings is 1. The number of hydrogen-bond acceptors (Lipinski definition) is 6. The lowest BCUT2D eigenvalue weighted by Gasteiger charge is -2.26. The first-order valence-electron chi connectivity index (χ1n) is 7.88. The van der Waals surface area contributed by atoms with Crippen LogP contribution in [0.4, 0.5) is 0 Å². The molecular formula is C15H24N2O6S2. The van der Waals surface area contributed by atoms with Crippen LogP contribution in [0, 0.1) is 13.8 Å². The first-order chi connectivity index (χ1) is 11.7. The van der Waals surface area contributed by atoms with Crippen LogP contribution in [0.1, 0.15) is 11.1 Å². The topological polar surface area (TPSA) is 102 Å². The molecule has 1 saturated heterocycles. The van der Waals surface area contributed by atoms with Gasteiger partial charge in [-0.25, -0.2) is 21.6 Å². The van der Waals surface area contributed by atoms with Crippen molar-refractivity contribution in [1.29, 1.82) is 0 Å². The molecule has 0 saturated carbocycles. The summed E-state index contributed by atoms with van der Waals surface area (Å²) in [6.45, 7) is 4.54. The van der Waals surface area contributed by atoms with Crippen LogP contribution >= 0.6 is 0 Å². The van der Waals surface area contributed by atoms with Gasteiger partial charge in [0.1, 0.15) is 5.75 Å². The van der Waals surface area contributed by atoms with Gasteiger partial charge in [-0.3, -0.25) is 0 Å². The number of nitrogens with one attached hydrogen (secondary N) is 1. The molecule has 0 aromatic heterocycles. The highest BCUT2D eigenvalue weighted by Crippen LogP contribution is 2.25. The molecule has 0 amide bonds. The molecule has 0 bridgehead atoms. The maximum absolute atomic E-state index is 12.5. The van der Waals surface area contributed by atoms with Gasteiger partial charge in [0.2, 0.25) is 20.0 Å². The monoisotopic (exact) mass is 392 g/mol. The minimum absolute atomic E-state index is 0.120. The van der Waals surface area contributed by atoms with E-state index in [-0.39, 0.29) is 17.2 Å². The fraction of sp³-hybridized carbons (Fsp3) is 0.600. The van der Waals surface area contributed by atoms with Crippen LogP contribution in [-0.2, 0) is 24.8 Å². The number of sulfonamides is 2. The van der Waals surface area contributed by atoms with Crippen LogP contribution in [0.25, 0.3) is 0 Å². The summed E-state index contributed by atoms with van der Waals surface area (Å²) < 4.78 is 63.4.